The Labute approximate surface area is 139 Å². The molecule has 1 saturated heterocycles. The molecule has 1 aliphatic heterocycles. The van der Waals surface area contributed by atoms with Crippen molar-refractivity contribution < 1.29 is 24.5 Å². The number of carboxylic acids is 1. The maximum atomic E-state index is 10.5. The Morgan fingerprint density at radius 3 is 2.61 bits per heavy atom. The Hall–Kier alpha value is -0.690. The predicted molar refractivity (Wildman–Crippen MR) is 88.3 cm³/mol. The smallest absolute Gasteiger partial charge is 0.305 e. The molecule has 0 radical (unpaired) electrons. The van der Waals surface area contributed by atoms with Gasteiger partial charge in [-0.1, -0.05) is 6.92 Å². The van der Waals surface area contributed by atoms with E-state index in [-0.39, 0.29) is 30.9 Å². The molecule has 0 spiro atoms. The summed E-state index contributed by atoms with van der Waals surface area (Å²) in [6.07, 6.45) is 4.36. The maximum Gasteiger partial charge on any atom is 0.305 e. The first-order valence-corrected chi connectivity index (χ1v) is 8.72. The van der Waals surface area contributed by atoms with Gasteiger partial charge < -0.3 is 19.7 Å². The number of nitrogens with one attached hydrogen (secondary N) is 1. The van der Waals surface area contributed by atoms with E-state index in [1.165, 1.54) is 0 Å². The molecular formula is C17H33NO5. The fourth-order valence-electron chi connectivity index (χ4n) is 3.64. The number of rotatable bonds is 11. The highest BCUT2D eigenvalue weighted by atomic mass is 16.5. The van der Waals surface area contributed by atoms with E-state index in [2.05, 4.69) is 19.2 Å². The van der Waals surface area contributed by atoms with Crippen LogP contribution >= 0.6 is 0 Å². The molecule has 3 atom stereocenters. The maximum absolute atomic E-state index is 10.5. The minimum atomic E-state index is -0.837. The van der Waals surface area contributed by atoms with Crippen molar-refractivity contribution in [2.45, 2.75) is 70.6 Å². The average Bonchev–Trinajstić information content (AvgIpc) is 2.46. The van der Waals surface area contributed by atoms with Crippen LogP contribution < -0.4 is 5.32 Å². The zero-order valence-corrected chi connectivity index (χ0v) is 14.8. The third-order valence-electron chi connectivity index (χ3n) is 4.67. The van der Waals surface area contributed by atoms with E-state index in [9.17, 15) is 9.90 Å². The average molecular weight is 331 g/mol. The molecule has 6 heteroatoms. The SMILES string of the molecule is CCOC1(CC)CC(CCO)CC(C)(CCOCCC(=O)O)N1. The highest BCUT2D eigenvalue weighted by molar-refractivity contribution is 5.66. The van der Waals surface area contributed by atoms with Crippen molar-refractivity contribution in [1.82, 2.24) is 5.32 Å². The molecule has 136 valence electrons. The summed E-state index contributed by atoms with van der Waals surface area (Å²) >= 11 is 0. The molecule has 1 aliphatic rings. The van der Waals surface area contributed by atoms with Crippen LogP contribution in [0.2, 0.25) is 0 Å². The summed E-state index contributed by atoms with van der Waals surface area (Å²) in [6.45, 7) is 7.90. The Kier molecular flexibility index (Phi) is 8.47. The van der Waals surface area contributed by atoms with E-state index in [1.54, 1.807) is 0 Å². The van der Waals surface area contributed by atoms with Crippen molar-refractivity contribution >= 4 is 5.97 Å². The van der Waals surface area contributed by atoms with Crippen LogP contribution in [0.4, 0.5) is 0 Å². The molecule has 0 saturated carbocycles. The number of aliphatic carboxylic acids is 1. The van der Waals surface area contributed by atoms with E-state index in [4.69, 9.17) is 14.6 Å². The standard InChI is InChI=1S/C17H33NO5/c1-4-17(23-5-2)13-14(6-9-19)12-16(3,18-17)8-11-22-10-7-15(20)21/h14,18-19H,4-13H2,1-3H3,(H,20,21). The van der Waals surface area contributed by atoms with Crippen molar-refractivity contribution in [2.75, 3.05) is 26.4 Å². The number of hydrogen-bond donors (Lipinski definition) is 3. The van der Waals surface area contributed by atoms with Gasteiger partial charge in [-0.2, -0.15) is 0 Å². The van der Waals surface area contributed by atoms with Crippen LogP contribution in [0.3, 0.4) is 0 Å². The highest BCUT2D eigenvalue weighted by Crippen LogP contribution is 2.39. The number of aliphatic hydroxyl groups excluding tert-OH is 1. The lowest BCUT2D eigenvalue weighted by Gasteiger charge is -2.50. The number of carbonyl (C=O) groups is 1. The molecule has 3 N–H and O–H groups in total. The van der Waals surface area contributed by atoms with Crippen molar-refractivity contribution in [3.05, 3.63) is 0 Å². The lowest BCUT2D eigenvalue weighted by molar-refractivity contribution is -0.138. The summed E-state index contributed by atoms with van der Waals surface area (Å²) in [4.78, 5) is 10.5. The predicted octanol–water partition coefficient (Wildman–Crippen LogP) is 2.15. The number of carboxylic acid groups (broad SMARTS) is 1. The van der Waals surface area contributed by atoms with Crippen LogP contribution in [0.5, 0.6) is 0 Å². The Morgan fingerprint density at radius 2 is 2.04 bits per heavy atom. The molecule has 1 fully saturated rings. The first-order valence-electron chi connectivity index (χ1n) is 8.72. The van der Waals surface area contributed by atoms with Gasteiger partial charge in [0.1, 0.15) is 5.72 Å². The molecule has 0 amide bonds. The van der Waals surface area contributed by atoms with Crippen molar-refractivity contribution in [1.29, 1.82) is 0 Å². The van der Waals surface area contributed by atoms with Crippen LogP contribution in [0.15, 0.2) is 0 Å². The Balaban J connectivity index is 2.63. The summed E-state index contributed by atoms with van der Waals surface area (Å²) < 4.78 is 11.5. The number of ether oxygens (including phenoxy) is 2. The van der Waals surface area contributed by atoms with Gasteiger partial charge in [0.25, 0.3) is 0 Å². The van der Waals surface area contributed by atoms with Gasteiger partial charge in [0, 0.05) is 25.4 Å². The minimum Gasteiger partial charge on any atom is -0.481 e. The van der Waals surface area contributed by atoms with Gasteiger partial charge in [0.05, 0.1) is 13.0 Å². The van der Waals surface area contributed by atoms with Gasteiger partial charge in [-0.3, -0.25) is 10.1 Å². The van der Waals surface area contributed by atoms with Crippen molar-refractivity contribution in [3.8, 4) is 0 Å². The fourth-order valence-corrected chi connectivity index (χ4v) is 3.64. The van der Waals surface area contributed by atoms with Crippen LogP contribution in [0.25, 0.3) is 0 Å². The lowest BCUT2D eigenvalue weighted by Crippen LogP contribution is -2.63. The van der Waals surface area contributed by atoms with Crippen molar-refractivity contribution in [3.63, 3.8) is 0 Å². The van der Waals surface area contributed by atoms with Gasteiger partial charge in [0.2, 0.25) is 0 Å². The number of hydrogen-bond acceptors (Lipinski definition) is 5. The van der Waals surface area contributed by atoms with Gasteiger partial charge in [0.15, 0.2) is 0 Å². The summed E-state index contributed by atoms with van der Waals surface area (Å²) in [5.74, 6) is -0.423. The van der Waals surface area contributed by atoms with E-state index in [0.717, 1.165) is 32.1 Å². The first-order chi connectivity index (χ1) is 10.9. The molecule has 0 aromatic heterocycles. The van der Waals surface area contributed by atoms with E-state index in [0.29, 0.717) is 19.1 Å². The highest BCUT2D eigenvalue weighted by Gasteiger charge is 2.44. The van der Waals surface area contributed by atoms with E-state index in [1.807, 2.05) is 6.92 Å². The monoisotopic (exact) mass is 331 g/mol. The van der Waals surface area contributed by atoms with Gasteiger partial charge in [-0.25, -0.2) is 0 Å². The summed E-state index contributed by atoms with van der Waals surface area (Å²) in [6, 6.07) is 0. The third kappa shape index (κ3) is 6.75. The van der Waals surface area contributed by atoms with E-state index >= 15 is 0 Å². The first kappa shape index (κ1) is 20.4. The fraction of sp³-hybridized carbons (Fsp3) is 0.941. The molecular weight excluding hydrogens is 298 g/mol. The summed E-state index contributed by atoms with van der Waals surface area (Å²) in [5, 5.41) is 21.6. The van der Waals surface area contributed by atoms with Crippen LogP contribution in [0.1, 0.15) is 59.3 Å². The zero-order valence-electron chi connectivity index (χ0n) is 14.8. The molecule has 3 unspecified atom stereocenters. The molecule has 6 nitrogen and oxygen atoms in total. The molecule has 1 rings (SSSR count). The normalized spacial score (nSPS) is 31.2. The second kappa shape index (κ2) is 9.57. The molecule has 1 heterocycles. The number of aliphatic hydroxyl groups is 1. The third-order valence-corrected chi connectivity index (χ3v) is 4.67. The van der Waals surface area contributed by atoms with E-state index < -0.39 is 5.97 Å². The molecule has 0 aromatic carbocycles. The molecule has 0 aromatic rings. The van der Waals surface area contributed by atoms with Gasteiger partial charge >= 0.3 is 5.97 Å². The zero-order chi connectivity index (χ0) is 17.3. The summed E-state index contributed by atoms with van der Waals surface area (Å²) in [5.41, 5.74) is -0.477. The van der Waals surface area contributed by atoms with Gasteiger partial charge in [-0.05, 0) is 51.9 Å². The van der Waals surface area contributed by atoms with Crippen LogP contribution in [-0.4, -0.2) is 53.9 Å². The topological polar surface area (TPSA) is 88.0 Å². The Bertz CT molecular complexity index is 365. The largest absolute Gasteiger partial charge is 0.481 e. The second-order valence-corrected chi connectivity index (χ2v) is 6.76. The van der Waals surface area contributed by atoms with Crippen LogP contribution in [-0.2, 0) is 14.3 Å². The molecule has 0 bridgehead atoms. The minimum absolute atomic E-state index is 0.0368. The Morgan fingerprint density at radius 1 is 1.30 bits per heavy atom. The van der Waals surface area contributed by atoms with Gasteiger partial charge in [-0.15, -0.1) is 0 Å². The van der Waals surface area contributed by atoms with Crippen LogP contribution in [0, 0.1) is 5.92 Å². The molecule has 23 heavy (non-hydrogen) atoms. The number of piperidine rings is 1. The quantitative estimate of drug-likeness (QED) is 0.503. The second-order valence-electron chi connectivity index (χ2n) is 6.76. The lowest BCUT2D eigenvalue weighted by atomic mass is 9.75. The summed E-state index contributed by atoms with van der Waals surface area (Å²) in [7, 11) is 0. The molecule has 0 aliphatic carbocycles. The van der Waals surface area contributed by atoms with Crippen molar-refractivity contribution in [2.24, 2.45) is 5.92 Å².